The van der Waals surface area contributed by atoms with Crippen molar-refractivity contribution in [2.24, 2.45) is 29.6 Å². The van der Waals surface area contributed by atoms with Crippen LogP contribution in [0.5, 0.6) is 0 Å². The van der Waals surface area contributed by atoms with Gasteiger partial charge in [-0.05, 0) is 69.6 Å². The molecule has 5 amide bonds. The Morgan fingerprint density at radius 3 is 2.45 bits per heavy atom. The third kappa shape index (κ3) is 10.7. The number of ether oxygens (including phenoxy) is 2. The number of aliphatic hydroxyl groups is 1. The van der Waals surface area contributed by atoms with Gasteiger partial charge in [-0.1, -0.05) is 40.2 Å². The van der Waals surface area contributed by atoms with Gasteiger partial charge in [-0.15, -0.1) is 0 Å². The van der Waals surface area contributed by atoms with Gasteiger partial charge in [0.05, 0.1) is 35.4 Å². The van der Waals surface area contributed by atoms with Crippen LogP contribution in [-0.4, -0.2) is 105 Å². The SMILES string of the molecule is CC[C@@]1(O)C(=O)OCC2C(=O)N3Cc4cc5c(CCCCOCNC(=O)[C@H](C)CC(=O)[C@H](C)NC(=O)[C@H](C)CC(=O)CCCCCN6C(=O)CC(C)C6=O)c(C)c(F)cc5nc4C3=CC21. The predicted octanol–water partition coefficient (Wildman–Crippen LogP) is 4.37. The maximum Gasteiger partial charge on any atom is 0.338 e. The van der Waals surface area contributed by atoms with Crippen molar-refractivity contribution >= 4 is 63.7 Å². The van der Waals surface area contributed by atoms with E-state index in [1.807, 2.05) is 6.07 Å². The number of halogens is 1. The molecule has 16 nitrogen and oxygen atoms in total. The first-order valence-corrected chi connectivity index (χ1v) is 22.9. The maximum absolute atomic E-state index is 15.3. The number of hydrogen-bond acceptors (Lipinski definition) is 12. The van der Waals surface area contributed by atoms with Crippen molar-refractivity contribution in [3.8, 4) is 0 Å². The third-order valence-electron chi connectivity index (χ3n) is 13.5. The van der Waals surface area contributed by atoms with E-state index in [1.54, 1.807) is 52.5 Å². The van der Waals surface area contributed by atoms with E-state index in [1.165, 1.54) is 11.0 Å². The van der Waals surface area contributed by atoms with E-state index in [0.717, 1.165) is 16.5 Å². The van der Waals surface area contributed by atoms with Crippen LogP contribution >= 0.6 is 0 Å². The molecule has 0 bridgehead atoms. The molecule has 17 heteroatoms. The second-order valence-corrected chi connectivity index (χ2v) is 18.3. The highest BCUT2D eigenvalue weighted by Crippen LogP contribution is 2.46. The number of fused-ring (bicyclic) bond motifs is 5. The Morgan fingerprint density at radius 2 is 1.74 bits per heavy atom. The van der Waals surface area contributed by atoms with E-state index in [-0.39, 0.29) is 93.1 Å². The number of imide groups is 1. The molecule has 6 rings (SSSR count). The summed E-state index contributed by atoms with van der Waals surface area (Å²) in [7, 11) is 0. The van der Waals surface area contributed by atoms with Gasteiger partial charge in [0, 0.05) is 79.5 Å². The minimum Gasteiger partial charge on any atom is -0.463 e. The number of benzene rings is 1. The number of carbonyl (C=O) groups is 8. The quantitative estimate of drug-likeness (QED) is 0.0650. The van der Waals surface area contributed by atoms with E-state index in [2.05, 4.69) is 10.6 Å². The number of rotatable bonds is 22. The molecule has 3 unspecified atom stereocenters. The fourth-order valence-electron chi connectivity index (χ4n) is 9.27. The smallest absolute Gasteiger partial charge is 0.338 e. The number of nitrogens with one attached hydrogen (secondary N) is 2. The summed E-state index contributed by atoms with van der Waals surface area (Å²) in [5.74, 6) is -6.06. The molecule has 0 radical (unpaired) electrons. The lowest BCUT2D eigenvalue weighted by Gasteiger charge is -2.44. The van der Waals surface area contributed by atoms with E-state index in [9.17, 15) is 43.5 Å². The van der Waals surface area contributed by atoms with Gasteiger partial charge in [0.15, 0.2) is 11.4 Å². The summed E-state index contributed by atoms with van der Waals surface area (Å²) >= 11 is 0. The minimum absolute atomic E-state index is 0.0189. The number of ketones is 2. The predicted molar refractivity (Wildman–Crippen MR) is 234 cm³/mol. The molecule has 0 spiro atoms. The van der Waals surface area contributed by atoms with E-state index in [4.69, 9.17) is 14.5 Å². The molecule has 1 aromatic carbocycles. The second kappa shape index (κ2) is 20.8. The van der Waals surface area contributed by atoms with Crippen molar-refractivity contribution in [2.75, 3.05) is 26.5 Å². The number of aryl methyl sites for hydroxylation is 1. The number of pyridine rings is 1. The van der Waals surface area contributed by atoms with E-state index in [0.29, 0.717) is 74.1 Å². The van der Waals surface area contributed by atoms with Crippen molar-refractivity contribution in [2.45, 2.75) is 130 Å². The third-order valence-corrected chi connectivity index (χ3v) is 13.5. The van der Waals surface area contributed by atoms with Crippen LogP contribution in [0.25, 0.3) is 16.6 Å². The molecular weight excluding hydrogens is 842 g/mol. The standard InChI is InChI=1S/C48H62FN5O11/c1-7-48(63)36-21-39-42-31(23-54(39)46(61)35(36)24-65-47(48)62)20-34-33(29(5)37(49)22-38(34)52-42)14-10-12-16-64-25-50-43(58)27(3)18-40(56)30(6)51-44(59)26(2)17-32(55)13-9-8-11-15-53-41(57)19-28(4)45(53)60/h20-22,26-28,30,35-36,63H,7-19,23-25H2,1-6H3,(H,50,58)(H,51,59)/t26-,27-,28?,30+,35?,36?,48+/m1/s1. The Kier molecular flexibility index (Phi) is 15.7. The number of unbranched alkanes of at least 4 members (excludes halogenated alkanes) is 3. The lowest BCUT2D eigenvalue weighted by Crippen LogP contribution is -2.58. The average Bonchev–Trinajstić information content (AvgIpc) is 3.75. The number of cyclic esters (lactones) is 1. The number of nitrogens with zero attached hydrogens (tertiary/aromatic N) is 3. The molecule has 7 atom stereocenters. The van der Waals surface area contributed by atoms with E-state index < -0.39 is 53.0 Å². The first kappa shape index (κ1) is 49.0. The minimum atomic E-state index is -1.83. The van der Waals surface area contributed by atoms with Gasteiger partial charge >= 0.3 is 5.97 Å². The number of aromatic nitrogens is 1. The molecule has 1 aromatic heterocycles. The lowest BCUT2D eigenvalue weighted by molar-refractivity contribution is -0.190. The summed E-state index contributed by atoms with van der Waals surface area (Å²) in [6, 6.07) is 2.47. The molecule has 4 aliphatic rings. The van der Waals surface area contributed by atoms with Crippen LogP contribution in [0.15, 0.2) is 18.2 Å². The summed E-state index contributed by atoms with van der Waals surface area (Å²) in [5.41, 5.74) is 1.70. The highest BCUT2D eigenvalue weighted by Gasteiger charge is 2.56. The van der Waals surface area contributed by atoms with Crippen LogP contribution in [-0.2, 0) is 60.8 Å². The van der Waals surface area contributed by atoms with Crippen LogP contribution < -0.4 is 10.6 Å². The van der Waals surface area contributed by atoms with Crippen molar-refractivity contribution < 1.29 is 57.3 Å². The zero-order valence-corrected chi connectivity index (χ0v) is 38.3. The molecule has 65 heavy (non-hydrogen) atoms. The van der Waals surface area contributed by atoms with Gasteiger partial charge in [0.1, 0.15) is 24.9 Å². The lowest BCUT2D eigenvalue weighted by atomic mass is 9.72. The summed E-state index contributed by atoms with van der Waals surface area (Å²) in [6.07, 6.45) is 5.86. The average molecular weight is 904 g/mol. The summed E-state index contributed by atoms with van der Waals surface area (Å²) in [6.45, 7) is 10.6. The summed E-state index contributed by atoms with van der Waals surface area (Å²) in [5, 5.41) is 17.3. The van der Waals surface area contributed by atoms with Crippen molar-refractivity contribution in [3.63, 3.8) is 0 Å². The number of carbonyl (C=O) groups excluding carboxylic acids is 8. The van der Waals surface area contributed by atoms with Crippen molar-refractivity contribution in [1.29, 1.82) is 0 Å². The molecule has 2 aromatic rings. The van der Waals surface area contributed by atoms with Gasteiger partial charge in [-0.2, -0.15) is 0 Å². The molecule has 352 valence electrons. The monoisotopic (exact) mass is 903 g/mol. The molecule has 2 saturated heterocycles. The molecule has 4 aliphatic heterocycles. The largest absolute Gasteiger partial charge is 0.463 e. The molecule has 0 saturated carbocycles. The zero-order valence-electron chi connectivity index (χ0n) is 38.3. The maximum atomic E-state index is 15.3. The fourth-order valence-corrected chi connectivity index (χ4v) is 9.27. The van der Waals surface area contributed by atoms with Gasteiger partial charge in [0.2, 0.25) is 29.5 Å². The van der Waals surface area contributed by atoms with Gasteiger partial charge < -0.3 is 30.1 Å². The summed E-state index contributed by atoms with van der Waals surface area (Å²) < 4.78 is 26.2. The van der Waals surface area contributed by atoms with Crippen molar-refractivity contribution in [1.82, 2.24) is 25.4 Å². The van der Waals surface area contributed by atoms with Gasteiger partial charge in [-0.3, -0.25) is 38.5 Å². The number of esters is 1. The molecular formula is C48H62FN5O11. The Labute approximate surface area is 378 Å². The highest BCUT2D eigenvalue weighted by atomic mass is 19.1. The van der Waals surface area contributed by atoms with Crippen LogP contribution in [0.3, 0.4) is 0 Å². The van der Waals surface area contributed by atoms with Gasteiger partial charge in [-0.25, -0.2) is 14.2 Å². The van der Waals surface area contributed by atoms with Crippen LogP contribution in [0.4, 0.5) is 4.39 Å². The van der Waals surface area contributed by atoms with Crippen LogP contribution in [0.2, 0.25) is 0 Å². The highest BCUT2D eigenvalue weighted by molar-refractivity contribution is 6.03. The number of amides is 5. The number of Topliss-reactive ketones (excluding diaryl/α,β-unsaturated/α-hetero) is 2. The van der Waals surface area contributed by atoms with Crippen molar-refractivity contribution in [3.05, 3.63) is 46.4 Å². The van der Waals surface area contributed by atoms with E-state index >= 15 is 4.39 Å². The molecule has 2 fully saturated rings. The van der Waals surface area contributed by atoms with Gasteiger partial charge in [0.25, 0.3) is 0 Å². The number of likely N-dealkylation sites (tertiary alicyclic amines) is 1. The normalized spacial score (nSPS) is 22.8. The Hall–Kier alpha value is -5.42. The zero-order chi connectivity index (χ0) is 47.3. The Morgan fingerprint density at radius 1 is 1.00 bits per heavy atom. The number of hydrogen-bond donors (Lipinski definition) is 3. The summed E-state index contributed by atoms with van der Waals surface area (Å²) in [4.78, 5) is 109. The fraction of sp³-hybridized carbons (Fsp3) is 0.604. The second-order valence-electron chi connectivity index (χ2n) is 18.3. The Bertz CT molecular complexity index is 2280. The first-order chi connectivity index (χ1) is 30.9. The Balaban J connectivity index is 0.892. The van der Waals surface area contributed by atoms with Crippen LogP contribution in [0, 0.1) is 42.3 Å². The molecule has 0 aliphatic carbocycles. The topological polar surface area (TPSA) is 219 Å². The van der Waals surface area contributed by atoms with Crippen LogP contribution in [0.1, 0.15) is 121 Å². The first-order valence-electron chi connectivity index (χ1n) is 22.9. The molecule has 3 N–H and O–H groups in total. The molecule has 5 heterocycles.